The molecule has 0 aliphatic heterocycles. The van der Waals surface area contributed by atoms with Crippen molar-refractivity contribution in [2.75, 3.05) is 20.2 Å². The Hall–Kier alpha value is -0.800. The van der Waals surface area contributed by atoms with Gasteiger partial charge < -0.3 is 14.4 Å². The van der Waals surface area contributed by atoms with Crippen molar-refractivity contribution in [3.8, 4) is 0 Å². The van der Waals surface area contributed by atoms with Gasteiger partial charge in [0.25, 0.3) is 0 Å². The zero-order chi connectivity index (χ0) is 12.9. The summed E-state index contributed by atoms with van der Waals surface area (Å²) in [5.41, 5.74) is 1.23. The smallest absolute Gasteiger partial charge is 0.105 e. The minimum Gasteiger partial charge on any atom is -0.469 e. The maximum atomic E-state index is 9.50. The molecular formula is C14H25NO2. The highest BCUT2D eigenvalue weighted by Gasteiger charge is 2.24. The van der Waals surface area contributed by atoms with Crippen LogP contribution in [0.25, 0.3) is 0 Å². The largest absolute Gasteiger partial charge is 0.469 e. The molecule has 1 rings (SSSR count). The van der Waals surface area contributed by atoms with Crippen molar-refractivity contribution >= 4 is 0 Å². The third-order valence-corrected chi connectivity index (χ3v) is 3.29. The van der Waals surface area contributed by atoms with Gasteiger partial charge in [0.2, 0.25) is 0 Å². The van der Waals surface area contributed by atoms with Crippen LogP contribution in [-0.2, 0) is 6.54 Å². The van der Waals surface area contributed by atoms with Crippen molar-refractivity contribution in [1.82, 2.24) is 4.90 Å². The highest BCUT2D eigenvalue weighted by Crippen LogP contribution is 2.24. The number of hydrogen-bond donors (Lipinski definition) is 1. The van der Waals surface area contributed by atoms with Crippen molar-refractivity contribution in [3.05, 3.63) is 23.7 Å². The average Bonchev–Trinajstić information content (AvgIpc) is 2.64. The van der Waals surface area contributed by atoms with Gasteiger partial charge in [-0.15, -0.1) is 0 Å². The molecule has 0 saturated carbocycles. The SMILES string of the molecule is CCCC(C)(CO)CN(C)Cc1ccoc1C. The van der Waals surface area contributed by atoms with E-state index in [1.165, 1.54) is 5.56 Å². The van der Waals surface area contributed by atoms with E-state index in [-0.39, 0.29) is 12.0 Å². The highest BCUT2D eigenvalue weighted by molar-refractivity contribution is 5.15. The van der Waals surface area contributed by atoms with Gasteiger partial charge in [0.05, 0.1) is 6.26 Å². The molecule has 1 N–H and O–H groups in total. The molecule has 0 saturated heterocycles. The van der Waals surface area contributed by atoms with Crippen LogP contribution in [0.2, 0.25) is 0 Å². The van der Waals surface area contributed by atoms with Gasteiger partial charge in [0.15, 0.2) is 0 Å². The number of hydrogen-bond acceptors (Lipinski definition) is 3. The Morgan fingerprint density at radius 2 is 2.18 bits per heavy atom. The van der Waals surface area contributed by atoms with Gasteiger partial charge in [-0.05, 0) is 26.5 Å². The van der Waals surface area contributed by atoms with Gasteiger partial charge in [0.1, 0.15) is 5.76 Å². The van der Waals surface area contributed by atoms with E-state index >= 15 is 0 Å². The van der Waals surface area contributed by atoms with Crippen molar-refractivity contribution < 1.29 is 9.52 Å². The fraction of sp³-hybridized carbons (Fsp3) is 0.714. The maximum Gasteiger partial charge on any atom is 0.105 e. The Morgan fingerprint density at radius 3 is 2.65 bits per heavy atom. The molecule has 17 heavy (non-hydrogen) atoms. The maximum absolute atomic E-state index is 9.50. The molecule has 1 unspecified atom stereocenters. The van der Waals surface area contributed by atoms with Crippen LogP contribution in [0, 0.1) is 12.3 Å². The van der Waals surface area contributed by atoms with Gasteiger partial charge in [-0.25, -0.2) is 0 Å². The summed E-state index contributed by atoms with van der Waals surface area (Å²) in [5.74, 6) is 0.984. The van der Waals surface area contributed by atoms with Crippen molar-refractivity contribution in [2.45, 2.75) is 40.2 Å². The van der Waals surface area contributed by atoms with Crippen LogP contribution >= 0.6 is 0 Å². The van der Waals surface area contributed by atoms with Gasteiger partial charge in [0, 0.05) is 30.7 Å². The molecule has 0 aliphatic rings. The Balaban J connectivity index is 2.53. The summed E-state index contributed by atoms with van der Waals surface area (Å²) >= 11 is 0. The molecule has 98 valence electrons. The van der Waals surface area contributed by atoms with Crippen LogP contribution < -0.4 is 0 Å². The van der Waals surface area contributed by atoms with Gasteiger partial charge in [-0.2, -0.15) is 0 Å². The number of rotatable bonds is 7. The molecule has 1 aromatic rings. The van der Waals surface area contributed by atoms with Crippen LogP contribution in [0.1, 0.15) is 38.0 Å². The Kier molecular flexibility index (Phi) is 5.22. The minimum absolute atomic E-state index is 0.00113. The first-order valence-corrected chi connectivity index (χ1v) is 6.33. The standard InChI is InChI=1S/C14H25NO2/c1-5-7-14(3,11-16)10-15(4)9-13-6-8-17-12(13)2/h6,8,16H,5,7,9-11H2,1-4H3. The monoisotopic (exact) mass is 239 g/mol. The summed E-state index contributed by atoms with van der Waals surface area (Å²) in [6.45, 7) is 8.32. The molecule has 1 atom stereocenters. The molecular weight excluding hydrogens is 214 g/mol. The highest BCUT2D eigenvalue weighted by atomic mass is 16.3. The summed E-state index contributed by atoms with van der Waals surface area (Å²) in [4.78, 5) is 2.25. The molecule has 1 heterocycles. The molecule has 0 bridgehead atoms. The average molecular weight is 239 g/mol. The first-order chi connectivity index (χ1) is 8.00. The van der Waals surface area contributed by atoms with Gasteiger partial charge in [-0.1, -0.05) is 20.3 Å². The molecule has 3 heteroatoms. The van der Waals surface area contributed by atoms with Crippen molar-refractivity contribution in [3.63, 3.8) is 0 Å². The second-order valence-electron chi connectivity index (χ2n) is 5.39. The van der Waals surface area contributed by atoms with Crippen LogP contribution in [0.3, 0.4) is 0 Å². The van der Waals surface area contributed by atoms with Crippen molar-refractivity contribution in [2.24, 2.45) is 5.41 Å². The van der Waals surface area contributed by atoms with Gasteiger partial charge >= 0.3 is 0 Å². The Labute approximate surface area is 104 Å². The normalized spacial score (nSPS) is 15.2. The fourth-order valence-corrected chi connectivity index (χ4v) is 2.39. The molecule has 0 spiro atoms. The lowest BCUT2D eigenvalue weighted by atomic mass is 9.86. The van der Waals surface area contributed by atoms with Crippen LogP contribution in [-0.4, -0.2) is 30.2 Å². The third kappa shape index (κ3) is 4.17. The van der Waals surface area contributed by atoms with Crippen LogP contribution in [0.5, 0.6) is 0 Å². The van der Waals surface area contributed by atoms with E-state index in [9.17, 15) is 5.11 Å². The van der Waals surface area contributed by atoms with Crippen molar-refractivity contribution in [1.29, 1.82) is 0 Å². The van der Waals surface area contributed by atoms with Gasteiger partial charge in [-0.3, -0.25) is 0 Å². The summed E-state index contributed by atoms with van der Waals surface area (Å²) in [6, 6.07) is 2.02. The van der Waals surface area contributed by atoms with Crippen LogP contribution in [0.15, 0.2) is 16.7 Å². The van der Waals surface area contributed by atoms with E-state index in [4.69, 9.17) is 4.42 Å². The molecule has 0 aliphatic carbocycles. The Morgan fingerprint density at radius 1 is 1.47 bits per heavy atom. The molecule has 0 radical (unpaired) electrons. The van der Waals surface area contributed by atoms with E-state index in [0.29, 0.717) is 0 Å². The fourth-order valence-electron chi connectivity index (χ4n) is 2.39. The molecule has 0 amide bonds. The zero-order valence-corrected chi connectivity index (χ0v) is 11.5. The lowest BCUT2D eigenvalue weighted by Crippen LogP contribution is -2.35. The van der Waals surface area contributed by atoms with E-state index in [1.807, 2.05) is 13.0 Å². The van der Waals surface area contributed by atoms with E-state index in [0.717, 1.165) is 31.7 Å². The zero-order valence-electron chi connectivity index (χ0n) is 11.5. The second kappa shape index (κ2) is 6.22. The number of aryl methyl sites for hydroxylation is 1. The molecule has 1 aromatic heterocycles. The minimum atomic E-state index is 0.00113. The summed E-state index contributed by atoms with van der Waals surface area (Å²) in [6.07, 6.45) is 3.89. The van der Waals surface area contributed by atoms with Crippen LogP contribution in [0.4, 0.5) is 0 Å². The summed E-state index contributed by atoms with van der Waals surface area (Å²) in [5, 5.41) is 9.50. The lowest BCUT2D eigenvalue weighted by Gasteiger charge is -2.32. The topological polar surface area (TPSA) is 36.6 Å². The molecule has 0 aromatic carbocycles. The number of aliphatic hydroxyl groups is 1. The van der Waals surface area contributed by atoms with E-state index in [1.54, 1.807) is 6.26 Å². The third-order valence-electron chi connectivity index (χ3n) is 3.29. The quantitative estimate of drug-likeness (QED) is 0.795. The predicted molar refractivity (Wildman–Crippen MR) is 69.9 cm³/mol. The Bertz CT molecular complexity index is 335. The molecule has 0 fully saturated rings. The van der Waals surface area contributed by atoms with E-state index < -0.39 is 0 Å². The predicted octanol–water partition coefficient (Wildman–Crippen LogP) is 2.82. The van der Waals surface area contributed by atoms with E-state index in [2.05, 4.69) is 25.8 Å². The molecule has 3 nitrogen and oxygen atoms in total. The number of aliphatic hydroxyl groups excluding tert-OH is 1. The number of furan rings is 1. The summed E-state index contributed by atoms with van der Waals surface area (Å²) in [7, 11) is 2.09. The first kappa shape index (κ1) is 14.3. The first-order valence-electron chi connectivity index (χ1n) is 6.33. The number of nitrogens with zero attached hydrogens (tertiary/aromatic N) is 1. The summed E-state index contributed by atoms with van der Waals surface area (Å²) < 4.78 is 5.29. The second-order valence-corrected chi connectivity index (χ2v) is 5.39. The lowest BCUT2D eigenvalue weighted by molar-refractivity contribution is 0.0877.